The third-order valence-corrected chi connectivity index (χ3v) is 2.08. The number of rotatable bonds is 4. The normalized spacial score (nSPS) is 11.8. The Bertz CT molecular complexity index is 529. The largest absolute Gasteiger partial charge is 0.481 e. The minimum absolute atomic E-state index is 0.374. The second kappa shape index (κ2) is 7.26. The highest BCUT2D eigenvalue weighted by molar-refractivity contribution is 5.67. The number of alkyl halides is 2. The van der Waals surface area contributed by atoms with Gasteiger partial charge in [0.1, 0.15) is 6.04 Å². The van der Waals surface area contributed by atoms with E-state index in [0.717, 1.165) is 12.3 Å². The van der Waals surface area contributed by atoms with Crippen molar-refractivity contribution < 1.29 is 27.5 Å². The van der Waals surface area contributed by atoms with E-state index in [1.807, 2.05) is 0 Å². The standard InChI is InChI=1S/C7H7F3N2O2.C3H3FN2/c8-5-1-2-11-12(5)4(7(9)10)3-6(13)14;4-3-1-2-5-6-3/h1-2,4,7H,3H2,(H,13,14);1-2H,(H,5,6). The molecule has 2 aromatic rings. The molecule has 20 heavy (non-hydrogen) atoms. The Morgan fingerprint density at radius 2 is 2.05 bits per heavy atom. The average Bonchev–Trinajstić information content (AvgIpc) is 2.98. The molecule has 0 amide bonds. The molecule has 1 atom stereocenters. The number of hydrogen-bond donors (Lipinski definition) is 2. The predicted octanol–water partition coefficient (Wildman–Crippen LogP) is 1.85. The fourth-order valence-corrected chi connectivity index (χ4v) is 1.24. The average molecular weight is 294 g/mol. The molecular weight excluding hydrogens is 284 g/mol. The lowest BCUT2D eigenvalue weighted by atomic mass is 10.2. The summed E-state index contributed by atoms with van der Waals surface area (Å²) < 4.78 is 49.3. The minimum Gasteiger partial charge on any atom is -0.481 e. The molecule has 0 aliphatic rings. The third kappa shape index (κ3) is 4.71. The van der Waals surface area contributed by atoms with Gasteiger partial charge in [0.25, 0.3) is 6.43 Å². The van der Waals surface area contributed by atoms with Crippen LogP contribution in [-0.4, -0.2) is 37.5 Å². The van der Waals surface area contributed by atoms with Crippen molar-refractivity contribution >= 4 is 5.97 Å². The molecule has 0 radical (unpaired) electrons. The molecule has 110 valence electrons. The smallest absolute Gasteiger partial charge is 0.305 e. The third-order valence-electron chi connectivity index (χ3n) is 2.08. The molecule has 2 aromatic heterocycles. The quantitative estimate of drug-likeness (QED) is 0.843. The summed E-state index contributed by atoms with van der Waals surface area (Å²) in [6, 6.07) is 0.375. The topological polar surface area (TPSA) is 83.8 Å². The molecule has 0 aromatic carbocycles. The van der Waals surface area contributed by atoms with Crippen LogP contribution in [0.4, 0.5) is 17.6 Å². The van der Waals surface area contributed by atoms with Gasteiger partial charge in [-0.3, -0.25) is 9.89 Å². The van der Waals surface area contributed by atoms with Gasteiger partial charge in [-0.15, -0.1) is 0 Å². The molecule has 2 heterocycles. The molecule has 2 N–H and O–H groups in total. The van der Waals surface area contributed by atoms with Gasteiger partial charge in [0.15, 0.2) is 0 Å². The van der Waals surface area contributed by atoms with E-state index in [0.29, 0.717) is 4.68 Å². The summed E-state index contributed by atoms with van der Waals surface area (Å²) in [5.74, 6) is -2.79. The summed E-state index contributed by atoms with van der Waals surface area (Å²) in [5.41, 5.74) is 0. The predicted molar refractivity (Wildman–Crippen MR) is 58.0 cm³/mol. The molecule has 10 heteroatoms. The zero-order valence-corrected chi connectivity index (χ0v) is 9.88. The van der Waals surface area contributed by atoms with Crippen LogP contribution in [0.25, 0.3) is 0 Å². The fraction of sp³-hybridized carbons (Fsp3) is 0.300. The van der Waals surface area contributed by atoms with Crippen LogP contribution in [0.15, 0.2) is 24.5 Å². The van der Waals surface area contributed by atoms with Crippen LogP contribution in [0.3, 0.4) is 0 Å². The summed E-state index contributed by atoms with van der Waals surface area (Å²) in [5, 5.41) is 17.0. The van der Waals surface area contributed by atoms with Gasteiger partial charge in [0.05, 0.1) is 18.8 Å². The van der Waals surface area contributed by atoms with Crippen molar-refractivity contribution in [1.82, 2.24) is 20.0 Å². The summed E-state index contributed by atoms with van der Waals surface area (Å²) in [6.45, 7) is 0. The Morgan fingerprint density at radius 3 is 2.35 bits per heavy atom. The number of carboxylic acid groups (broad SMARTS) is 1. The van der Waals surface area contributed by atoms with Crippen molar-refractivity contribution in [3.8, 4) is 0 Å². The van der Waals surface area contributed by atoms with E-state index in [2.05, 4.69) is 15.3 Å². The number of aromatic amines is 1. The first kappa shape index (κ1) is 15.7. The number of nitrogens with one attached hydrogen (secondary N) is 1. The van der Waals surface area contributed by atoms with E-state index in [1.54, 1.807) is 0 Å². The second-order valence-electron chi connectivity index (χ2n) is 3.50. The van der Waals surface area contributed by atoms with Gasteiger partial charge in [-0.25, -0.2) is 13.5 Å². The monoisotopic (exact) mass is 294 g/mol. The van der Waals surface area contributed by atoms with Gasteiger partial charge in [-0.2, -0.15) is 19.0 Å². The molecule has 0 spiro atoms. The van der Waals surface area contributed by atoms with Crippen LogP contribution in [-0.2, 0) is 4.79 Å². The van der Waals surface area contributed by atoms with Crippen molar-refractivity contribution in [1.29, 1.82) is 0 Å². The Morgan fingerprint density at radius 1 is 1.35 bits per heavy atom. The Balaban J connectivity index is 0.000000276. The number of halogens is 4. The maximum absolute atomic E-state index is 12.8. The SMILES string of the molecule is Fc1ccn[nH]1.O=C(O)CC(C(F)F)n1nccc1F. The van der Waals surface area contributed by atoms with Crippen LogP contribution < -0.4 is 0 Å². The molecule has 0 aliphatic carbocycles. The van der Waals surface area contributed by atoms with E-state index >= 15 is 0 Å². The summed E-state index contributed by atoms with van der Waals surface area (Å²) in [6.07, 6.45) is -1.49. The van der Waals surface area contributed by atoms with Crippen LogP contribution in [0.2, 0.25) is 0 Å². The lowest BCUT2D eigenvalue weighted by Gasteiger charge is -2.14. The van der Waals surface area contributed by atoms with Gasteiger partial charge in [-0.05, 0) is 0 Å². The van der Waals surface area contributed by atoms with E-state index in [4.69, 9.17) is 5.11 Å². The molecule has 0 saturated carbocycles. The lowest BCUT2D eigenvalue weighted by molar-refractivity contribution is -0.139. The number of aromatic nitrogens is 4. The van der Waals surface area contributed by atoms with Crippen molar-refractivity contribution in [3.63, 3.8) is 0 Å². The van der Waals surface area contributed by atoms with Gasteiger partial charge in [0, 0.05) is 12.1 Å². The van der Waals surface area contributed by atoms with Crippen molar-refractivity contribution in [3.05, 3.63) is 36.4 Å². The molecule has 1 unspecified atom stereocenters. The molecule has 6 nitrogen and oxygen atoms in total. The first-order chi connectivity index (χ1) is 9.41. The first-order valence-electron chi connectivity index (χ1n) is 5.25. The highest BCUT2D eigenvalue weighted by atomic mass is 19.3. The van der Waals surface area contributed by atoms with Crippen LogP contribution >= 0.6 is 0 Å². The van der Waals surface area contributed by atoms with E-state index in [1.165, 1.54) is 12.3 Å². The number of H-pyrrole nitrogens is 1. The molecule has 0 bridgehead atoms. The number of nitrogens with zero attached hydrogens (tertiary/aromatic N) is 3. The Labute approximate surface area is 110 Å². The van der Waals surface area contributed by atoms with Crippen molar-refractivity contribution in [2.45, 2.75) is 18.9 Å². The molecule has 0 saturated heterocycles. The van der Waals surface area contributed by atoms with Crippen molar-refractivity contribution in [2.24, 2.45) is 0 Å². The highest BCUT2D eigenvalue weighted by Gasteiger charge is 2.27. The maximum atomic E-state index is 12.8. The molecule has 0 fully saturated rings. The number of carbonyl (C=O) groups is 1. The second-order valence-corrected chi connectivity index (χ2v) is 3.50. The maximum Gasteiger partial charge on any atom is 0.305 e. The van der Waals surface area contributed by atoms with Gasteiger partial charge < -0.3 is 5.11 Å². The zero-order chi connectivity index (χ0) is 15.1. The van der Waals surface area contributed by atoms with Crippen LogP contribution in [0.5, 0.6) is 0 Å². The van der Waals surface area contributed by atoms with E-state index in [9.17, 15) is 22.4 Å². The lowest BCUT2D eigenvalue weighted by Crippen LogP contribution is -2.23. The van der Waals surface area contributed by atoms with Gasteiger partial charge >= 0.3 is 5.97 Å². The van der Waals surface area contributed by atoms with E-state index < -0.39 is 36.8 Å². The van der Waals surface area contributed by atoms with Crippen LogP contribution in [0, 0.1) is 11.9 Å². The molecule has 0 aliphatic heterocycles. The van der Waals surface area contributed by atoms with Gasteiger partial charge in [-0.1, -0.05) is 0 Å². The number of aliphatic carboxylic acids is 1. The summed E-state index contributed by atoms with van der Waals surface area (Å²) >= 11 is 0. The molecule has 2 rings (SSSR count). The van der Waals surface area contributed by atoms with Crippen LogP contribution in [0.1, 0.15) is 12.5 Å². The highest BCUT2D eigenvalue weighted by Crippen LogP contribution is 2.20. The summed E-state index contributed by atoms with van der Waals surface area (Å²) in [7, 11) is 0. The number of carboxylic acids is 1. The zero-order valence-electron chi connectivity index (χ0n) is 9.88. The minimum atomic E-state index is -2.97. The van der Waals surface area contributed by atoms with Crippen molar-refractivity contribution in [2.75, 3.05) is 0 Å². The van der Waals surface area contributed by atoms with Gasteiger partial charge in [0.2, 0.25) is 11.9 Å². The van der Waals surface area contributed by atoms with E-state index in [-0.39, 0.29) is 0 Å². The summed E-state index contributed by atoms with van der Waals surface area (Å²) in [4.78, 5) is 10.2. The molecular formula is C10H10F4N4O2. The first-order valence-corrected chi connectivity index (χ1v) is 5.25. The Hall–Kier alpha value is -2.39. The Kier molecular flexibility index (Phi) is 5.69. The number of hydrogen-bond acceptors (Lipinski definition) is 3. The fourth-order valence-electron chi connectivity index (χ4n) is 1.24.